The van der Waals surface area contributed by atoms with Gasteiger partial charge in [-0.05, 0) is 23.6 Å². The van der Waals surface area contributed by atoms with Gasteiger partial charge in [0.2, 0.25) is 0 Å². The third-order valence-electron chi connectivity index (χ3n) is 3.57. The topological polar surface area (TPSA) is 79.2 Å². The van der Waals surface area contributed by atoms with Gasteiger partial charge in [0, 0.05) is 31.0 Å². The van der Waals surface area contributed by atoms with E-state index >= 15 is 0 Å². The number of carbonyl (C=O) groups excluding carboxylic acids is 1. The Hall–Kier alpha value is -2.34. The molecule has 2 aromatic rings. The summed E-state index contributed by atoms with van der Waals surface area (Å²) in [4.78, 5) is 12.2. The maximum atomic E-state index is 12.2. The van der Waals surface area contributed by atoms with E-state index in [-0.39, 0.29) is 17.9 Å². The molecule has 1 atom stereocenters. The standard InChI is InChI=1S/C17H24N4O2/c1-17(2,3)15(22)10-18-16(23)12-6-5-7-13(8-12)20-14-9-19-21(4)11-14/h5-9,11,15,20,22H,10H2,1-4H3,(H,18,23). The van der Waals surface area contributed by atoms with Crippen LogP contribution in [0.2, 0.25) is 0 Å². The summed E-state index contributed by atoms with van der Waals surface area (Å²) in [5, 5.41) is 20.0. The maximum Gasteiger partial charge on any atom is 0.251 e. The zero-order chi connectivity index (χ0) is 17.0. The molecule has 1 aromatic carbocycles. The van der Waals surface area contributed by atoms with E-state index in [2.05, 4.69) is 15.7 Å². The molecule has 0 saturated carbocycles. The predicted molar refractivity (Wildman–Crippen MR) is 90.7 cm³/mol. The number of carbonyl (C=O) groups is 1. The van der Waals surface area contributed by atoms with Crippen molar-refractivity contribution in [2.75, 3.05) is 11.9 Å². The monoisotopic (exact) mass is 316 g/mol. The van der Waals surface area contributed by atoms with E-state index in [1.807, 2.05) is 46.1 Å². The Balaban J connectivity index is 2.00. The summed E-state index contributed by atoms with van der Waals surface area (Å²) in [6, 6.07) is 7.21. The molecule has 2 rings (SSSR count). The van der Waals surface area contributed by atoms with Crippen LogP contribution < -0.4 is 10.6 Å². The van der Waals surface area contributed by atoms with E-state index < -0.39 is 6.10 Å². The molecule has 1 aromatic heterocycles. The lowest BCUT2D eigenvalue weighted by Gasteiger charge is -2.25. The van der Waals surface area contributed by atoms with Crippen LogP contribution in [0.5, 0.6) is 0 Å². The molecule has 0 saturated heterocycles. The molecule has 124 valence electrons. The Morgan fingerprint density at radius 3 is 2.70 bits per heavy atom. The molecule has 0 bridgehead atoms. The van der Waals surface area contributed by atoms with Gasteiger partial charge in [-0.25, -0.2) is 0 Å². The van der Waals surface area contributed by atoms with Crippen LogP contribution in [0.4, 0.5) is 11.4 Å². The first-order chi connectivity index (χ1) is 10.8. The maximum absolute atomic E-state index is 12.2. The lowest BCUT2D eigenvalue weighted by molar-refractivity contribution is 0.0587. The van der Waals surface area contributed by atoms with Crippen molar-refractivity contribution in [1.82, 2.24) is 15.1 Å². The number of amides is 1. The van der Waals surface area contributed by atoms with Gasteiger partial charge in [-0.15, -0.1) is 0 Å². The number of anilines is 2. The first-order valence-corrected chi connectivity index (χ1v) is 7.58. The quantitative estimate of drug-likeness (QED) is 0.791. The van der Waals surface area contributed by atoms with E-state index in [1.165, 1.54) is 0 Å². The number of aliphatic hydroxyl groups excluding tert-OH is 1. The summed E-state index contributed by atoms with van der Waals surface area (Å²) in [5.74, 6) is -0.205. The summed E-state index contributed by atoms with van der Waals surface area (Å²) in [7, 11) is 1.84. The third kappa shape index (κ3) is 4.82. The first-order valence-electron chi connectivity index (χ1n) is 7.58. The Kier molecular flexibility index (Phi) is 5.05. The highest BCUT2D eigenvalue weighted by atomic mass is 16.3. The van der Waals surface area contributed by atoms with E-state index in [9.17, 15) is 9.90 Å². The van der Waals surface area contributed by atoms with Crippen molar-refractivity contribution in [3.63, 3.8) is 0 Å². The Morgan fingerprint density at radius 1 is 1.35 bits per heavy atom. The molecular weight excluding hydrogens is 292 g/mol. The average molecular weight is 316 g/mol. The fourth-order valence-corrected chi connectivity index (χ4v) is 1.99. The SMILES string of the molecule is Cn1cc(Nc2cccc(C(=O)NCC(O)C(C)(C)C)c2)cn1. The second-order valence-corrected chi connectivity index (χ2v) is 6.70. The van der Waals surface area contributed by atoms with Gasteiger partial charge in [-0.3, -0.25) is 9.48 Å². The highest BCUT2D eigenvalue weighted by Crippen LogP contribution is 2.19. The molecular formula is C17H24N4O2. The van der Waals surface area contributed by atoms with Crippen molar-refractivity contribution < 1.29 is 9.90 Å². The average Bonchev–Trinajstić information content (AvgIpc) is 2.88. The van der Waals surface area contributed by atoms with Crippen LogP contribution in [0.3, 0.4) is 0 Å². The third-order valence-corrected chi connectivity index (χ3v) is 3.57. The zero-order valence-corrected chi connectivity index (χ0v) is 14.0. The number of hydrogen-bond donors (Lipinski definition) is 3. The van der Waals surface area contributed by atoms with Crippen LogP contribution in [0.15, 0.2) is 36.7 Å². The molecule has 6 nitrogen and oxygen atoms in total. The van der Waals surface area contributed by atoms with E-state index in [4.69, 9.17) is 0 Å². The number of benzene rings is 1. The highest BCUT2D eigenvalue weighted by Gasteiger charge is 2.22. The minimum Gasteiger partial charge on any atom is -0.391 e. The first kappa shape index (κ1) is 17.0. The van der Waals surface area contributed by atoms with Gasteiger partial charge in [0.25, 0.3) is 5.91 Å². The molecule has 23 heavy (non-hydrogen) atoms. The minimum atomic E-state index is -0.594. The second kappa shape index (κ2) is 6.83. The van der Waals surface area contributed by atoms with Crippen molar-refractivity contribution in [3.8, 4) is 0 Å². The van der Waals surface area contributed by atoms with Crippen molar-refractivity contribution in [3.05, 3.63) is 42.2 Å². The second-order valence-electron chi connectivity index (χ2n) is 6.70. The summed E-state index contributed by atoms with van der Waals surface area (Å²) in [6.45, 7) is 6.02. The van der Waals surface area contributed by atoms with Gasteiger partial charge in [0.05, 0.1) is 18.0 Å². The normalized spacial score (nSPS) is 12.7. The predicted octanol–water partition coefficient (Wildman–Crippen LogP) is 2.30. The molecule has 0 fully saturated rings. The molecule has 0 spiro atoms. The molecule has 1 unspecified atom stereocenters. The summed E-state index contributed by atoms with van der Waals surface area (Å²) in [5.41, 5.74) is 1.94. The molecule has 3 N–H and O–H groups in total. The van der Waals surface area contributed by atoms with Crippen molar-refractivity contribution in [1.29, 1.82) is 0 Å². The van der Waals surface area contributed by atoms with Gasteiger partial charge in [-0.2, -0.15) is 5.10 Å². The number of aryl methyl sites for hydroxylation is 1. The minimum absolute atomic E-state index is 0.205. The summed E-state index contributed by atoms with van der Waals surface area (Å²) in [6.07, 6.45) is 2.97. The molecule has 1 heterocycles. The smallest absolute Gasteiger partial charge is 0.251 e. The lowest BCUT2D eigenvalue weighted by atomic mass is 9.89. The molecule has 0 aliphatic carbocycles. The fraction of sp³-hybridized carbons (Fsp3) is 0.412. The number of nitrogens with one attached hydrogen (secondary N) is 2. The van der Waals surface area contributed by atoms with Gasteiger partial charge in [0.1, 0.15) is 0 Å². The molecule has 0 radical (unpaired) electrons. The van der Waals surface area contributed by atoms with E-state index in [0.717, 1.165) is 11.4 Å². The van der Waals surface area contributed by atoms with Gasteiger partial charge in [0.15, 0.2) is 0 Å². The number of aromatic nitrogens is 2. The Labute approximate surface area is 136 Å². The van der Waals surface area contributed by atoms with Gasteiger partial charge >= 0.3 is 0 Å². The number of nitrogens with zero attached hydrogens (tertiary/aromatic N) is 2. The number of aliphatic hydroxyl groups is 1. The van der Waals surface area contributed by atoms with Gasteiger partial charge < -0.3 is 15.7 Å². The summed E-state index contributed by atoms with van der Waals surface area (Å²) < 4.78 is 1.70. The molecule has 6 heteroatoms. The van der Waals surface area contributed by atoms with E-state index in [1.54, 1.807) is 23.0 Å². The van der Waals surface area contributed by atoms with Crippen LogP contribution in [0.1, 0.15) is 31.1 Å². The summed E-state index contributed by atoms with van der Waals surface area (Å²) >= 11 is 0. The van der Waals surface area contributed by atoms with Gasteiger partial charge in [-0.1, -0.05) is 26.8 Å². The largest absolute Gasteiger partial charge is 0.391 e. The highest BCUT2D eigenvalue weighted by molar-refractivity contribution is 5.95. The zero-order valence-electron chi connectivity index (χ0n) is 14.0. The molecule has 0 aliphatic rings. The van der Waals surface area contributed by atoms with Crippen LogP contribution in [-0.2, 0) is 7.05 Å². The van der Waals surface area contributed by atoms with Crippen LogP contribution >= 0.6 is 0 Å². The van der Waals surface area contributed by atoms with E-state index in [0.29, 0.717) is 5.56 Å². The van der Waals surface area contributed by atoms with Crippen LogP contribution in [0.25, 0.3) is 0 Å². The number of rotatable bonds is 5. The van der Waals surface area contributed by atoms with Crippen molar-refractivity contribution >= 4 is 17.3 Å². The Morgan fingerprint density at radius 2 is 2.09 bits per heavy atom. The lowest BCUT2D eigenvalue weighted by Crippen LogP contribution is -2.39. The van der Waals surface area contributed by atoms with Crippen molar-refractivity contribution in [2.24, 2.45) is 12.5 Å². The van der Waals surface area contributed by atoms with Crippen molar-refractivity contribution in [2.45, 2.75) is 26.9 Å². The Bertz CT molecular complexity index is 673. The molecule has 1 amide bonds. The number of hydrogen-bond acceptors (Lipinski definition) is 4. The molecule has 0 aliphatic heterocycles. The fourth-order valence-electron chi connectivity index (χ4n) is 1.99. The van der Waals surface area contributed by atoms with Crippen LogP contribution in [-0.4, -0.2) is 33.4 Å². The van der Waals surface area contributed by atoms with Crippen LogP contribution in [0, 0.1) is 5.41 Å².